The van der Waals surface area contributed by atoms with E-state index < -0.39 is 5.97 Å². The average Bonchev–Trinajstić information content (AvgIpc) is 3.00. The van der Waals surface area contributed by atoms with Gasteiger partial charge in [0.25, 0.3) is 0 Å². The third kappa shape index (κ3) is 2.47. The van der Waals surface area contributed by atoms with Gasteiger partial charge in [-0.05, 0) is 6.42 Å². The van der Waals surface area contributed by atoms with E-state index in [0.29, 0.717) is 12.4 Å². The monoisotopic (exact) mass is 250 g/mol. The summed E-state index contributed by atoms with van der Waals surface area (Å²) in [7, 11) is 1.30. The van der Waals surface area contributed by atoms with E-state index in [1.807, 2.05) is 0 Å². The molecule has 2 heterocycles. The zero-order valence-corrected chi connectivity index (χ0v) is 9.98. The van der Waals surface area contributed by atoms with Crippen LogP contribution in [0.4, 0.5) is 5.82 Å². The predicted octanol–water partition coefficient (Wildman–Crippen LogP) is -0.0663. The van der Waals surface area contributed by atoms with Crippen LogP contribution in [0, 0.1) is 0 Å². The number of nitrogens with two attached hydrogens (primary N) is 1. The Bertz CT molecular complexity index is 518. The molecule has 0 fully saturated rings. The van der Waals surface area contributed by atoms with E-state index in [9.17, 15) is 4.79 Å². The van der Waals surface area contributed by atoms with Crippen LogP contribution in [-0.4, -0.2) is 37.6 Å². The summed E-state index contributed by atoms with van der Waals surface area (Å²) in [5.74, 6) is -0.206. The quantitative estimate of drug-likeness (QED) is 0.746. The first kappa shape index (κ1) is 12.1. The molecule has 8 nitrogen and oxygen atoms in total. The van der Waals surface area contributed by atoms with Gasteiger partial charge < -0.3 is 15.0 Å². The predicted molar refractivity (Wildman–Crippen MR) is 62.6 cm³/mol. The van der Waals surface area contributed by atoms with Crippen LogP contribution >= 0.6 is 0 Å². The van der Waals surface area contributed by atoms with Gasteiger partial charge in [0.05, 0.1) is 19.6 Å². The SMILES string of the molecule is COC(=O)c1ncn(CCCn2ccnn2)c1N. The molecule has 0 spiro atoms. The highest BCUT2D eigenvalue weighted by Gasteiger charge is 2.15. The molecule has 2 rings (SSSR count). The van der Waals surface area contributed by atoms with Gasteiger partial charge >= 0.3 is 5.97 Å². The number of hydrogen-bond acceptors (Lipinski definition) is 6. The zero-order valence-electron chi connectivity index (χ0n) is 9.98. The van der Waals surface area contributed by atoms with E-state index in [0.717, 1.165) is 13.0 Å². The highest BCUT2D eigenvalue weighted by Crippen LogP contribution is 2.11. The lowest BCUT2D eigenvalue weighted by Crippen LogP contribution is -2.09. The number of carbonyl (C=O) groups is 1. The molecular formula is C10H14N6O2. The second-order valence-corrected chi connectivity index (χ2v) is 3.68. The number of carbonyl (C=O) groups excluding carboxylic acids is 1. The summed E-state index contributed by atoms with van der Waals surface area (Å²) >= 11 is 0. The molecule has 2 N–H and O–H groups in total. The lowest BCUT2D eigenvalue weighted by molar-refractivity contribution is 0.0596. The van der Waals surface area contributed by atoms with Crippen molar-refractivity contribution >= 4 is 11.8 Å². The Morgan fingerprint density at radius 3 is 3.00 bits per heavy atom. The minimum absolute atomic E-state index is 0.151. The molecule has 0 amide bonds. The van der Waals surface area contributed by atoms with Crippen molar-refractivity contribution in [3.63, 3.8) is 0 Å². The number of nitrogen functional groups attached to an aromatic ring is 1. The average molecular weight is 250 g/mol. The number of nitrogens with zero attached hydrogens (tertiary/aromatic N) is 5. The van der Waals surface area contributed by atoms with Gasteiger partial charge in [-0.3, -0.25) is 4.68 Å². The largest absolute Gasteiger partial charge is 0.464 e. The maximum atomic E-state index is 11.3. The fourth-order valence-corrected chi connectivity index (χ4v) is 1.58. The van der Waals surface area contributed by atoms with Gasteiger partial charge in [-0.15, -0.1) is 5.10 Å². The standard InChI is InChI=1S/C10H14N6O2/c1-18-10(17)8-9(11)15(7-12-8)4-2-5-16-6-3-13-14-16/h3,6-7H,2,4-5,11H2,1H3. The van der Waals surface area contributed by atoms with E-state index in [1.54, 1.807) is 21.6 Å². The summed E-state index contributed by atoms with van der Waals surface area (Å²) in [5, 5.41) is 7.56. The molecule has 96 valence electrons. The molecule has 0 saturated heterocycles. The molecule has 0 unspecified atom stereocenters. The Labute approximate surface area is 103 Å². The van der Waals surface area contributed by atoms with E-state index in [4.69, 9.17) is 5.73 Å². The van der Waals surface area contributed by atoms with Gasteiger partial charge in [0.2, 0.25) is 0 Å². The molecule has 0 atom stereocenters. The maximum Gasteiger partial charge on any atom is 0.360 e. The Balaban J connectivity index is 1.94. The zero-order chi connectivity index (χ0) is 13.0. The van der Waals surface area contributed by atoms with Crippen LogP contribution in [0.1, 0.15) is 16.9 Å². The van der Waals surface area contributed by atoms with Crippen molar-refractivity contribution in [2.24, 2.45) is 0 Å². The van der Waals surface area contributed by atoms with Gasteiger partial charge in [-0.25, -0.2) is 9.78 Å². The van der Waals surface area contributed by atoms with E-state index in [1.165, 1.54) is 13.4 Å². The minimum Gasteiger partial charge on any atom is -0.464 e. The summed E-state index contributed by atoms with van der Waals surface area (Å²) in [6.45, 7) is 1.38. The Kier molecular flexibility index (Phi) is 3.56. The number of imidazole rings is 1. The second-order valence-electron chi connectivity index (χ2n) is 3.68. The third-order valence-electron chi connectivity index (χ3n) is 2.52. The maximum absolute atomic E-state index is 11.3. The van der Waals surface area contributed by atoms with Crippen LogP contribution < -0.4 is 5.73 Å². The van der Waals surface area contributed by atoms with Crippen molar-refractivity contribution in [1.82, 2.24) is 24.5 Å². The van der Waals surface area contributed by atoms with Crippen LogP contribution in [-0.2, 0) is 17.8 Å². The number of anilines is 1. The molecule has 0 aliphatic heterocycles. The molecular weight excluding hydrogens is 236 g/mol. The van der Waals surface area contributed by atoms with Crippen molar-refractivity contribution in [3.05, 3.63) is 24.4 Å². The van der Waals surface area contributed by atoms with E-state index >= 15 is 0 Å². The molecule has 0 aromatic carbocycles. The number of esters is 1. The Morgan fingerprint density at radius 1 is 1.50 bits per heavy atom. The molecule has 18 heavy (non-hydrogen) atoms. The molecule has 2 aromatic rings. The highest BCUT2D eigenvalue weighted by atomic mass is 16.5. The van der Waals surface area contributed by atoms with Gasteiger partial charge in [0.15, 0.2) is 5.69 Å². The second kappa shape index (κ2) is 5.30. The summed E-state index contributed by atoms with van der Waals surface area (Å²) in [5.41, 5.74) is 5.96. The number of hydrogen-bond donors (Lipinski definition) is 1. The molecule has 0 bridgehead atoms. The molecule has 0 aliphatic rings. The number of methoxy groups -OCH3 is 1. The lowest BCUT2D eigenvalue weighted by Gasteiger charge is -2.05. The van der Waals surface area contributed by atoms with Crippen molar-refractivity contribution in [1.29, 1.82) is 0 Å². The Morgan fingerprint density at radius 2 is 2.33 bits per heavy atom. The Hall–Kier alpha value is -2.38. The fourth-order valence-electron chi connectivity index (χ4n) is 1.58. The number of rotatable bonds is 5. The van der Waals surface area contributed by atoms with Crippen molar-refractivity contribution < 1.29 is 9.53 Å². The smallest absolute Gasteiger partial charge is 0.360 e. The van der Waals surface area contributed by atoms with Crippen LogP contribution in [0.2, 0.25) is 0 Å². The van der Waals surface area contributed by atoms with E-state index in [-0.39, 0.29) is 5.69 Å². The van der Waals surface area contributed by atoms with Gasteiger partial charge in [0.1, 0.15) is 5.82 Å². The lowest BCUT2D eigenvalue weighted by atomic mass is 10.4. The summed E-state index contributed by atoms with van der Waals surface area (Å²) in [6.07, 6.45) is 5.76. The first-order chi connectivity index (χ1) is 8.72. The summed E-state index contributed by atoms with van der Waals surface area (Å²) < 4.78 is 8.02. The molecule has 8 heteroatoms. The van der Waals surface area contributed by atoms with Crippen LogP contribution in [0.25, 0.3) is 0 Å². The van der Waals surface area contributed by atoms with Gasteiger partial charge in [0, 0.05) is 19.3 Å². The molecule has 2 aromatic heterocycles. The summed E-state index contributed by atoms with van der Waals surface area (Å²) in [4.78, 5) is 15.2. The van der Waals surface area contributed by atoms with Crippen molar-refractivity contribution in [2.75, 3.05) is 12.8 Å². The van der Waals surface area contributed by atoms with E-state index in [2.05, 4.69) is 20.0 Å². The molecule has 0 saturated carbocycles. The topological polar surface area (TPSA) is 101 Å². The van der Waals surface area contributed by atoms with Crippen LogP contribution in [0.15, 0.2) is 18.7 Å². The minimum atomic E-state index is -0.525. The first-order valence-corrected chi connectivity index (χ1v) is 5.45. The third-order valence-corrected chi connectivity index (χ3v) is 2.52. The first-order valence-electron chi connectivity index (χ1n) is 5.45. The van der Waals surface area contributed by atoms with Crippen molar-refractivity contribution in [2.45, 2.75) is 19.5 Å². The van der Waals surface area contributed by atoms with Crippen molar-refractivity contribution in [3.8, 4) is 0 Å². The van der Waals surface area contributed by atoms with Gasteiger partial charge in [-0.1, -0.05) is 5.21 Å². The number of ether oxygens (including phenoxy) is 1. The number of aryl methyl sites for hydroxylation is 2. The fraction of sp³-hybridized carbons (Fsp3) is 0.400. The number of aromatic nitrogens is 5. The highest BCUT2D eigenvalue weighted by molar-refractivity contribution is 5.91. The van der Waals surface area contributed by atoms with Crippen LogP contribution in [0.5, 0.6) is 0 Å². The molecule has 0 radical (unpaired) electrons. The normalized spacial score (nSPS) is 10.5. The summed E-state index contributed by atoms with van der Waals surface area (Å²) in [6, 6.07) is 0. The van der Waals surface area contributed by atoms with Gasteiger partial charge in [-0.2, -0.15) is 0 Å². The van der Waals surface area contributed by atoms with Crippen LogP contribution in [0.3, 0.4) is 0 Å². The molecule has 0 aliphatic carbocycles.